The van der Waals surface area contributed by atoms with Gasteiger partial charge in [0.05, 0.1) is 10.7 Å². The van der Waals surface area contributed by atoms with Gasteiger partial charge in [-0.05, 0) is 42.0 Å². The van der Waals surface area contributed by atoms with Gasteiger partial charge in [0.15, 0.2) is 0 Å². The Bertz CT molecular complexity index is 1090. The van der Waals surface area contributed by atoms with Gasteiger partial charge in [-0.2, -0.15) is 5.26 Å². The fourth-order valence-electron chi connectivity index (χ4n) is 2.50. The average Bonchev–Trinajstić information content (AvgIpc) is 2.74. The number of nitriles is 1. The first-order valence-corrected chi connectivity index (χ1v) is 9.08. The standard InChI is InChI=1S/C23H16ClFN2O2/c24-20-6-2-4-8-22(20)27-23(28)18(14-26)13-16-9-11-19(12-10-16)29-15-17-5-1-3-7-21(17)25/h1-13H,15H2,(H,27,28)/b18-13+. The van der Waals surface area contributed by atoms with Gasteiger partial charge in [-0.3, -0.25) is 4.79 Å². The van der Waals surface area contributed by atoms with Crippen LogP contribution >= 0.6 is 11.6 Å². The van der Waals surface area contributed by atoms with Crippen LogP contribution in [0.2, 0.25) is 5.02 Å². The van der Waals surface area contributed by atoms with Crippen molar-refractivity contribution < 1.29 is 13.9 Å². The molecule has 0 heterocycles. The zero-order valence-electron chi connectivity index (χ0n) is 15.2. The van der Waals surface area contributed by atoms with Crippen molar-refractivity contribution in [2.75, 3.05) is 5.32 Å². The summed E-state index contributed by atoms with van der Waals surface area (Å²) in [6.45, 7) is 0.103. The molecule has 1 amide bonds. The maximum absolute atomic E-state index is 13.6. The molecule has 29 heavy (non-hydrogen) atoms. The number of benzene rings is 3. The molecule has 3 aromatic carbocycles. The second kappa shape index (κ2) is 9.54. The molecule has 0 aliphatic rings. The van der Waals surface area contributed by atoms with E-state index in [0.29, 0.717) is 27.6 Å². The van der Waals surface area contributed by atoms with E-state index in [-0.39, 0.29) is 18.0 Å². The summed E-state index contributed by atoms with van der Waals surface area (Å²) in [5.41, 5.74) is 1.47. The van der Waals surface area contributed by atoms with Crippen molar-refractivity contribution in [2.45, 2.75) is 6.61 Å². The van der Waals surface area contributed by atoms with Crippen LogP contribution in [0.25, 0.3) is 6.08 Å². The van der Waals surface area contributed by atoms with E-state index in [1.54, 1.807) is 66.7 Å². The van der Waals surface area contributed by atoms with Crippen molar-refractivity contribution >= 4 is 29.3 Å². The first kappa shape index (κ1) is 20.1. The number of carbonyl (C=O) groups is 1. The molecule has 0 unspecified atom stereocenters. The van der Waals surface area contributed by atoms with E-state index in [9.17, 15) is 14.4 Å². The highest BCUT2D eigenvalue weighted by Gasteiger charge is 2.11. The van der Waals surface area contributed by atoms with Gasteiger partial charge in [-0.15, -0.1) is 0 Å². The quantitative estimate of drug-likeness (QED) is 0.428. The molecule has 0 fully saturated rings. The Morgan fingerprint density at radius 3 is 2.45 bits per heavy atom. The van der Waals surface area contributed by atoms with Crippen LogP contribution in [0.1, 0.15) is 11.1 Å². The lowest BCUT2D eigenvalue weighted by Crippen LogP contribution is -2.13. The number of para-hydroxylation sites is 1. The van der Waals surface area contributed by atoms with E-state index in [1.807, 2.05) is 6.07 Å². The van der Waals surface area contributed by atoms with Gasteiger partial charge in [0.1, 0.15) is 29.8 Å². The lowest BCUT2D eigenvalue weighted by Gasteiger charge is -2.08. The summed E-state index contributed by atoms with van der Waals surface area (Å²) in [5, 5.41) is 12.3. The number of carbonyl (C=O) groups excluding carboxylic acids is 1. The second-order valence-electron chi connectivity index (χ2n) is 6.05. The summed E-state index contributed by atoms with van der Waals surface area (Å²) in [7, 11) is 0. The molecule has 0 aliphatic heterocycles. The molecule has 0 spiro atoms. The van der Waals surface area contributed by atoms with Crippen molar-refractivity contribution in [1.82, 2.24) is 0 Å². The topological polar surface area (TPSA) is 62.1 Å². The van der Waals surface area contributed by atoms with Crippen molar-refractivity contribution in [1.29, 1.82) is 5.26 Å². The lowest BCUT2D eigenvalue weighted by atomic mass is 10.1. The first-order valence-electron chi connectivity index (χ1n) is 8.71. The molecule has 3 aromatic rings. The maximum atomic E-state index is 13.6. The van der Waals surface area contributed by atoms with Crippen LogP contribution in [-0.4, -0.2) is 5.91 Å². The molecule has 0 saturated heterocycles. The Balaban J connectivity index is 1.67. The van der Waals surface area contributed by atoms with Crippen LogP contribution in [0, 0.1) is 17.1 Å². The maximum Gasteiger partial charge on any atom is 0.266 e. The van der Waals surface area contributed by atoms with Crippen molar-refractivity contribution in [3.05, 3.63) is 100 Å². The molecule has 3 rings (SSSR count). The van der Waals surface area contributed by atoms with E-state index in [0.717, 1.165) is 0 Å². The Kier molecular flexibility index (Phi) is 6.62. The monoisotopic (exact) mass is 406 g/mol. The fourth-order valence-corrected chi connectivity index (χ4v) is 2.69. The van der Waals surface area contributed by atoms with E-state index in [4.69, 9.17) is 16.3 Å². The van der Waals surface area contributed by atoms with Crippen molar-refractivity contribution in [2.24, 2.45) is 0 Å². The molecule has 0 radical (unpaired) electrons. The Morgan fingerprint density at radius 1 is 1.07 bits per heavy atom. The molecule has 4 nitrogen and oxygen atoms in total. The van der Waals surface area contributed by atoms with Crippen LogP contribution in [0.4, 0.5) is 10.1 Å². The Labute approximate surface area is 172 Å². The summed E-state index contributed by atoms with van der Waals surface area (Å²) in [4.78, 5) is 12.3. The normalized spacial score (nSPS) is 10.9. The van der Waals surface area contributed by atoms with Gasteiger partial charge in [-0.25, -0.2) is 4.39 Å². The third-order valence-corrected chi connectivity index (χ3v) is 4.36. The summed E-state index contributed by atoms with van der Waals surface area (Å²) in [6.07, 6.45) is 1.47. The van der Waals surface area contributed by atoms with Gasteiger partial charge >= 0.3 is 0 Å². The fraction of sp³-hybridized carbons (Fsp3) is 0.0435. The first-order chi connectivity index (χ1) is 14.1. The van der Waals surface area contributed by atoms with Crippen LogP contribution in [-0.2, 0) is 11.4 Å². The average molecular weight is 407 g/mol. The Morgan fingerprint density at radius 2 is 1.76 bits per heavy atom. The number of nitrogens with zero attached hydrogens (tertiary/aromatic N) is 1. The highest BCUT2D eigenvalue weighted by Crippen LogP contribution is 2.22. The zero-order valence-corrected chi connectivity index (χ0v) is 16.0. The number of halogens is 2. The van der Waals surface area contributed by atoms with Crippen LogP contribution < -0.4 is 10.1 Å². The van der Waals surface area contributed by atoms with Gasteiger partial charge in [0.2, 0.25) is 0 Å². The number of amides is 1. The molecular weight excluding hydrogens is 391 g/mol. The number of hydrogen-bond donors (Lipinski definition) is 1. The SMILES string of the molecule is N#C/C(=C\c1ccc(OCc2ccccc2F)cc1)C(=O)Nc1ccccc1Cl. The second-order valence-corrected chi connectivity index (χ2v) is 6.46. The molecule has 0 aliphatic carbocycles. The van der Waals surface area contributed by atoms with Crippen LogP contribution in [0.3, 0.4) is 0 Å². The highest BCUT2D eigenvalue weighted by atomic mass is 35.5. The van der Waals surface area contributed by atoms with Crippen LogP contribution in [0.15, 0.2) is 78.4 Å². The number of rotatable bonds is 6. The molecule has 0 saturated carbocycles. The molecule has 1 N–H and O–H groups in total. The van der Waals surface area contributed by atoms with E-state index in [2.05, 4.69) is 5.32 Å². The predicted molar refractivity (Wildman–Crippen MR) is 111 cm³/mol. The zero-order chi connectivity index (χ0) is 20.6. The number of nitrogens with one attached hydrogen (secondary N) is 1. The van der Waals surface area contributed by atoms with E-state index in [1.165, 1.54) is 12.1 Å². The van der Waals surface area contributed by atoms with Gasteiger partial charge < -0.3 is 10.1 Å². The summed E-state index contributed by atoms with van der Waals surface area (Å²) in [6, 6.07) is 21.8. The molecule has 0 atom stereocenters. The third kappa shape index (κ3) is 5.44. The molecule has 0 bridgehead atoms. The van der Waals surface area contributed by atoms with E-state index < -0.39 is 5.91 Å². The van der Waals surface area contributed by atoms with Gasteiger partial charge in [0, 0.05) is 5.56 Å². The summed E-state index contributed by atoms with van der Waals surface area (Å²) < 4.78 is 19.2. The summed E-state index contributed by atoms with van der Waals surface area (Å²) in [5.74, 6) is -0.333. The largest absolute Gasteiger partial charge is 0.489 e. The van der Waals surface area contributed by atoms with Gasteiger partial charge in [-0.1, -0.05) is 54.1 Å². The van der Waals surface area contributed by atoms with Crippen molar-refractivity contribution in [3.8, 4) is 11.8 Å². The van der Waals surface area contributed by atoms with Crippen molar-refractivity contribution in [3.63, 3.8) is 0 Å². The minimum Gasteiger partial charge on any atom is -0.489 e. The molecule has 0 aromatic heterocycles. The molecule has 144 valence electrons. The number of hydrogen-bond acceptors (Lipinski definition) is 3. The lowest BCUT2D eigenvalue weighted by molar-refractivity contribution is -0.112. The highest BCUT2D eigenvalue weighted by molar-refractivity contribution is 6.34. The Hall–Kier alpha value is -3.62. The molecular formula is C23H16ClFN2O2. The minimum atomic E-state index is -0.555. The minimum absolute atomic E-state index is 0.0649. The smallest absolute Gasteiger partial charge is 0.266 e. The third-order valence-electron chi connectivity index (χ3n) is 4.03. The molecule has 6 heteroatoms. The summed E-state index contributed by atoms with van der Waals surface area (Å²) >= 11 is 6.02. The predicted octanol–water partition coefficient (Wildman–Crippen LogP) is 5.60. The number of anilines is 1. The van der Waals surface area contributed by atoms with E-state index >= 15 is 0 Å². The van der Waals surface area contributed by atoms with Gasteiger partial charge in [0.25, 0.3) is 5.91 Å². The van der Waals surface area contributed by atoms with Crippen LogP contribution in [0.5, 0.6) is 5.75 Å². The number of ether oxygens (including phenoxy) is 1.